The fourth-order valence-corrected chi connectivity index (χ4v) is 3.00. The van der Waals surface area contributed by atoms with Gasteiger partial charge in [-0.1, -0.05) is 48.6 Å². The summed E-state index contributed by atoms with van der Waals surface area (Å²) < 4.78 is 0. The van der Waals surface area contributed by atoms with Crippen LogP contribution >= 0.6 is 0 Å². The highest BCUT2D eigenvalue weighted by atomic mass is 16.3. The van der Waals surface area contributed by atoms with Gasteiger partial charge in [-0.25, -0.2) is 4.98 Å². The Labute approximate surface area is 161 Å². The molecule has 3 heteroatoms. The molecule has 0 radical (unpaired) electrons. The highest BCUT2D eigenvalue weighted by Gasteiger charge is 2.04. The Morgan fingerprint density at radius 3 is 2.67 bits per heavy atom. The lowest BCUT2D eigenvalue weighted by molar-refractivity contribution is 0.182. The second kappa shape index (κ2) is 9.24. The number of unbranched alkanes of at least 4 members (excludes halogenated alkanes) is 1. The van der Waals surface area contributed by atoms with E-state index in [0.29, 0.717) is 0 Å². The van der Waals surface area contributed by atoms with Crippen molar-refractivity contribution in [3.8, 4) is 11.3 Å². The van der Waals surface area contributed by atoms with E-state index in [0.717, 1.165) is 48.0 Å². The van der Waals surface area contributed by atoms with Crippen LogP contribution < -0.4 is 0 Å². The maximum atomic E-state index is 9.27. The Morgan fingerprint density at radius 1 is 1.11 bits per heavy atom. The minimum absolute atomic E-state index is 0.214. The highest BCUT2D eigenvalue weighted by Crippen LogP contribution is 2.21. The van der Waals surface area contributed by atoms with E-state index in [1.807, 2.05) is 25.3 Å². The summed E-state index contributed by atoms with van der Waals surface area (Å²) in [5.41, 5.74) is 6.12. The number of aromatic nitrogens is 2. The lowest BCUT2D eigenvalue weighted by Crippen LogP contribution is -1.97. The van der Waals surface area contributed by atoms with Gasteiger partial charge >= 0.3 is 0 Å². The summed E-state index contributed by atoms with van der Waals surface area (Å²) in [5, 5.41) is 9.27. The molecule has 0 aliphatic heterocycles. The van der Waals surface area contributed by atoms with Gasteiger partial charge in [0, 0.05) is 5.56 Å². The number of aliphatic hydroxyl groups is 1. The van der Waals surface area contributed by atoms with Gasteiger partial charge in [0.1, 0.15) is 0 Å². The van der Waals surface area contributed by atoms with Crippen LogP contribution in [-0.4, -0.2) is 21.2 Å². The number of hydrogen-bond acceptors (Lipinski definition) is 3. The van der Waals surface area contributed by atoms with E-state index >= 15 is 0 Å². The molecule has 27 heavy (non-hydrogen) atoms. The summed E-state index contributed by atoms with van der Waals surface area (Å²) in [5.74, 6) is 0. The Bertz CT molecular complexity index is 927. The van der Waals surface area contributed by atoms with Crippen molar-refractivity contribution in [2.24, 2.45) is 0 Å². The molecule has 0 saturated heterocycles. The van der Waals surface area contributed by atoms with Gasteiger partial charge < -0.3 is 5.11 Å². The van der Waals surface area contributed by atoms with E-state index in [4.69, 9.17) is 4.98 Å². The standard InChI is InChI=1S/C24H26N2O/c1-3-7-20-12-15-22-23(16-20)25-17-24(26-22)21-13-10-19(11-14-21)9-6-4-5-8-18(2)27/h3,6,9-18,27H,1,4-5,7-8H2,2H3. The third-order valence-corrected chi connectivity index (χ3v) is 4.50. The number of nitrogens with zero attached hydrogens (tertiary/aromatic N) is 2. The van der Waals surface area contributed by atoms with Gasteiger partial charge in [0.25, 0.3) is 0 Å². The van der Waals surface area contributed by atoms with Crippen LogP contribution in [0.15, 0.2) is 67.4 Å². The predicted octanol–water partition coefficient (Wildman–Crippen LogP) is 5.59. The molecule has 0 spiro atoms. The van der Waals surface area contributed by atoms with Crippen molar-refractivity contribution < 1.29 is 5.11 Å². The molecule has 0 aliphatic rings. The van der Waals surface area contributed by atoms with Gasteiger partial charge in [0.15, 0.2) is 0 Å². The number of allylic oxidation sites excluding steroid dienone is 2. The summed E-state index contributed by atoms with van der Waals surface area (Å²) in [6, 6.07) is 14.5. The molecule has 0 fully saturated rings. The fourth-order valence-electron chi connectivity index (χ4n) is 3.00. The topological polar surface area (TPSA) is 46.0 Å². The summed E-state index contributed by atoms with van der Waals surface area (Å²) in [6.07, 6.45) is 11.5. The lowest BCUT2D eigenvalue weighted by atomic mass is 10.1. The molecule has 3 nitrogen and oxygen atoms in total. The average Bonchev–Trinajstić information content (AvgIpc) is 2.68. The molecule has 0 saturated carbocycles. The Hall–Kier alpha value is -2.78. The average molecular weight is 358 g/mol. The first-order chi connectivity index (χ1) is 13.2. The van der Waals surface area contributed by atoms with E-state index in [2.05, 4.69) is 60.1 Å². The molecule has 0 amide bonds. The molecule has 1 heterocycles. The second-order valence-electron chi connectivity index (χ2n) is 6.88. The summed E-state index contributed by atoms with van der Waals surface area (Å²) >= 11 is 0. The number of fused-ring (bicyclic) bond motifs is 1. The van der Waals surface area contributed by atoms with Gasteiger partial charge in [-0.2, -0.15) is 0 Å². The summed E-state index contributed by atoms with van der Waals surface area (Å²) in [6.45, 7) is 5.61. The van der Waals surface area contributed by atoms with E-state index < -0.39 is 0 Å². The quantitative estimate of drug-likeness (QED) is 0.422. The number of rotatable bonds is 8. The van der Waals surface area contributed by atoms with E-state index in [1.54, 1.807) is 0 Å². The molecule has 1 unspecified atom stereocenters. The minimum atomic E-state index is -0.214. The smallest absolute Gasteiger partial charge is 0.0894 e. The van der Waals surface area contributed by atoms with Crippen LogP contribution in [0, 0.1) is 0 Å². The summed E-state index contributed by atoms with van der Waals surface area (Å²) in [7, 11) is 0. The van der Waals surface area contributed by atoms with Crippen molar-refractivity contribution in [2.45, 2.75) is 38.7 Å². The number of aliphatic hydroxyl groups excluding tert-OH is 1. The van der Waals surface area contributed by atoms with E-state index in [-0.39, 0.29) is 6.10 Å². The third kappa shape index (κ3) is 5.35. The Morgan fingerprint density at radius 2 is 1.93 bits per heavy atom. The Balaban J connectivity index is 1.70. The first-order valence-electron chi connectivity index (χ1n) is 9.47. The van der Waals surface area contributed by atoms with Crippen LogP contribution in [-0.2, 0) is 6.42 Å². The first-order valence-corrected chi connectivity index (χ1v) is 9.47. The maximum absolute atomic E-state index is 9.27. The third-order valence-electron chi connectivity index (χ3n) is 4.50. The molecule has 3 aromatic rings. The van der Waals surface area contributed by atoms with Crippen LogP contribution in [0.3, 0.4) is 0 Å². The molecule has 138 valence electrons. The summed E-state index contributed by atoms with van der Waals surface area (Å²) in [4.78, 5) is 9.33. The molecule has 1 N–H and O–H groups in total. The van der Waals surface area contributed by atoms with Crippen molar-refractivity contribution >= 4 is 17.1 Å². The van der Waals surface area contributed by atoms with Crippen LogP contribution in [0.25, 0.3) is 28.4 Å². The SMILES string of the molecule is C=CCc1ccc2nc(-c3ccc(C=CCCCC(C)O)cc3)cnc2c1. The minimum Gasteiger partial charge on any atom is -0.393 e. The highest BCUT2D eigenvalue weighted by molar-refractivity contribution is 5.78. The normalized spacial score (nSPS) is 12.5. The van der Waals surface area contributed by atoms with Crippen molar-refractivity contribution in [3.63, 3.8) is 0 Å². The van der Waals surface area contributed by atoms with Gasteiger partial charge in [0.05, 0.1) is 29.0 Å². The molecular formula is C24H26N2O. The largest absolute Gasteiger partial charge is 0.393 e. The fraction of sp³-hybridized carbons (Fsp3) is 0.250. The molecule has 0 bridgehead atoms. The zero-order valence-corrected chi connectivity index (χ0v) is 15.8. The molecule has 0 aliphatic carbocycles. The Kier molecular flexibility index (Phi) is 6.50. The van der Waals surface area contributed by atoms with Crippen molar-refractivity contribution in [2.75, 3.05) is 0 Å². The zero-order chi connectivity index (χ0) is 19.1. The number of hydrogen-bond donors (Lipinski definition) is 1. The van der Waals surface area contributed by atoms with Gasteiger partial charge in [-0.05, 0) is 55.9 Å². The van der Waals surface area contributed by atoms with Gasteiger partial charge in [0.2, 0.25) is 0 Å². The molecule has 1 aromatic heterocycles. The van der Waals surface area contributed by atoms with Crippen LogP contribution in [0.1, 0.15) is 37.3 Å². The van der Waals surface area contributed by atoms with Crippen LogP contribution in [0.2, 0.25) is 0 Å². The van der Waals surface area contributed by atoms with Gasteiger partial charge in [-0.15, -0.1) is 6.58 Å². The monoisotopic (exact) mass is 358 g/mol. The van der Waals surface area contributed by atoms with E-state index in [9.17, 15) is 5.11 Å². The predicted molar refractivity (Wildman–Crippen MR) is 113 cm³/mol. The zero-order valence-electron chi connectivity index (χ0n) is 15.8. The van der Waals surface area contributed by atoms with Crippen LogP contribution in [0.5, 0.6) is 0 Å². The molecule has 2 aromatic carbocycles. The first kappa shape index (κ1) is 19.0. The van der Waals surface area contributed by atoms with Gasteiger partial charge in [-0.3, -0.25) is 4.98 Å². The molecular weight excluding hydrogens is 332 g/mol. The van der Waals surface area contributed by atoms with Crippen molar-refractivity contribution in [1.29, 1.82) is 0 Å². The van der Waals surface area contributed by atoms with Crippen molar-refractivity contribution in [3.05, 3.63) is 78.5 Å². The number of benzene rings is 2. The van der Waals surface area contributed by atoms with Crippen LogP contribution in [0.4, 0.5) is 0 Å². The molecule has 3 rings (SSSR count). The lowest BCUT2D eigenvalue weighted by Gasteiger charge is -2.05. The second-order valence-corrected chi connectivity index (χ2v) is 6.88. The van der Waals surface area contributed by atoms with Crippen molar-refractivity contribution in [1.82, 2.24) is 9.97 Å². The molecule has 1 atom stereocenters. The van der Waals surface area contributed by atoms with E-state index in [1.165, 1.54) is 11.1 Å². The maximum Gasteiger partial charge on any atom is 0.0894 e.